The molecule has 5 nitrogen and oxygen atoms in total. The quantitative estimate of drug-likeness (QED) is 0.552. The van der Waals surface area contributed by atoms with E-state index in [2.05, 4.69) is 21.2 Å². The molecule has 21 heavy (non-hydrogen) atoms. The van der Waals surface area contributed by atoms with E-state index in [0.717, 1.165) is 4.47 Å². The minimum Gasteiger partial charge on any atom is -0.492 e. The van der Waals surface area contributed by atoms with Crippen molar-refractivity contribution in [3.05, 3.63) is 52.5 Å². The number of hydrogen-bond donors (Lipinski definition) is 3. The first-order chi connectivity index (χ1) is 10.1. The summed E-state index contributed by atoms with van der Waals surface area (Å²) in [4.78, 5) is 11.3. The van der Waals surface area contributed by atoms with E-state index < -0.39 is 5.91 Å². The van der Waals surface area contributed by atoms with Crippen LogP contribution in [0.1, 0.15) is 10.4 Å². The summed E-state index contributed by atoms with van der Waals surface area (Å²) in [7, 11) is 0. The SMILES string of the molecule is NC(=O)c1ccc(Br)cc1NCCOc1cccc(N)c1. The van der Waals surface area contributed by atoms with Crippen LogP contribution in [0, 0.1) is 0 Å². The molecule has 0 aliphatic carbocycles. The molecule has 0 heterocycles. The Kier molecular flexibility index (Phi) is 5.05. The van der Waals surface area contributed by atoms with Crippen LogP contribution < -0.4 is 21.5 Å². The zero-order valence-electron chi connectivity index (χ0n) is 11.3. The Bertz CT molecular complexity index is 647. The number of nitrogen functional groups attached to an aromatic ring is 1. The Morgan fingerprint density at radius 3 is 2.76 bits per heavy atom. The van der Waals surface area contributed by atoms with Crippen LogP contribution in [0.25, 0.3) is 0 Å². The number of carbonyl (C=O) groups excluding carboxylic acids is 1. The molecular formula is C15H16BrN3O2. The normalized spacial score (nSPS) is 10.1. The van der Waals surface area contributed by atoms with Gasteiger partial charge in [0.05, 0.1) is 5.56 Å². The summed E-state index contributed by atoms with van der Waals surface area (Å²) in [6, 6.07) is 12.5. The van der Waals surface area contributed by atoms with Crippen molar-refractivity contribution in [1.82, 2.24) is 0 Å². The molecule has 2 rings (SSSR count). The molecule has 0 unspecified atom stereocenters. The van der Waals surface area contributed by atoms with Gasteiger partial charge in [-0.1, -0.05) is 22.0 Å². The summed E-state index contributed by atoms with van der Waals surface area (Å²) >= 11 is 3.36. The first kappa shape index (κ1) is 15.2. The fourth-order valence-electron chi connectivity index (χ4n) is 1.84. The minimum absolute atomic E-state index is 0.439. The summed E-state index contributed by atoms with van der Waals surface area (Å²) in [5, 5.41) is 3.13. The second-order valence-electron chi connectivity index (χ2n) is 4.40. The van der Waals surface area contributed by atoms with Gasteiger partial charge in [0.2, 0.25) is 0 Å². The van der Waals surface area contributed by atoms with E-state index in [-0.39, 0.29) is 0 Å². The molecule has 1 amide bonds. The van der Waals surface area contributed by atoms with Crippen LogP contribution in [0.5, 0.6) is 5.75 Å². The molecule has 0 fully saturated rings. The lowest BCUT2D eigenvalue weighted by atomic mass is 10.1. The summed E-state index contributed by atoms with van der Waals surface area (Å²) in [6.07, 6.45) is 0. The molecule has 110 valence electrons. The topological polar surface area (TPSA) is 90.4 Å². The van der Waals surface area contributed by atoms with Gasteiger partial charge in [0.1, 0.15) is 12.4 Å². The molecule has 0 bridgehead atoms. The number of benzene rings is 2. The number of amides is 1. The first-order valence-corrected chi connectivity index (χ1v) is 7.17. The van der Waals surface area contributed by atoms with Crippen molar-refractivity contribution in [2.75, 3.05) is 24.2 Å². The molecule has 0 aliphatic rings. The lowest BCUT2D eigenvalue weighted by Gasteiger charge is -2.12. The lowest BCUT2D eigenvalue weighted by molar-refractivity contribution is 0.100. The van der Waals surface area contributed by atoms with Crippen molar-refractivity contribution in [3.63, 3.8) is 0 Å². The number of nitrogens with one attached hydrogen (secondary N) is 1. The number of halogens is 1. The Morgan fingerprint density at radius 2 is 2.05 bits per heavy atom. The maximum atomic E-state index is 11.3. The van der Waals surface area contributed by atoms with E-state index in [9.17, 15) is 4.79 Å². The first-order valence-electron chi connectivity index (χ1n) is 6.38. The molecule has 0 aliphatic heterocycles. The molecule has 0 atom stereocenters. The smallest absolute Gasteiger partial charge is 0.250 e. The van der Waals surface area contributed by atoms with Gasteiger partial charge in [0, 0.05) is 28.5 Å². The third kappa shape index (κ3) is 4.39. The molecule has 5 N–H and O–H groups in total. The number of nitrogens with two attached hydrogens (primary N) is 2. The van der Waals surface area contributed by atoms with Crippen molar-refractivity contribution in [3.8, 4) is 5.75 Å². The highest BCUT2D eigenvalue weighted by Crippen LogP contribution is 2.21. The zero-order chi connectivity index (χ0) is 15.2. The van der Waals surface area contributed by atoms with E-state index in [1.807, 2.05) is 12.1 Å². The van der Waals surface area contributed by atoms with Gasteiger partial charge in [-0.3, -0.25) is 4.79 Å². The average molecular weight is 350 g/mol. The number of hydrogen-bond acceptors (Lipinski definition) is 4. The Labute approximate surface area is 131 Å². The fourth-order valence-corrected chi connectivity index (χ4v) is 2.20. The van der Waals surface area contributed by atoms with Crippen LogP contribution in [0.2, 0.25) is 0 Å². The van der Waals surface area contributed by atoms with Gasteiger partial charge in [0.25, 0.3) is 5.91 Å². The highest BCUT2D eigenvalue weighted by atomic mass is 79.9. The number of anilines is 2. The van der Waals surface area contributed by atoms with Crippen molar-refractivity contribution < 1.29 is 9.53 Å². The van der Waals surface area contributed by atoms with Crippen LogP contribution >= 0.6 is 15.9 Å². The molecule has 2 aromatic rings. The molecule has 0 aromatic heterocycles. The average Bonchev–Trinajstić information content (AvgIpc) is 2.43. The van der Waals surface area contributed by atoms with E-state index in [4.69, 9.17) is 16.2 Å². The third-order valence-electron chi connectivity index (χ3n) is 2.79. The summed E-state index contributed by atoms with van der Waals surface area (Å²) in [5.74, 6) is 0.239. The largest absolute Gasteiger partial charge is 0.492 e. The predicted molar refractivity (Wildman–Crippen MR) is 87.5 cm³/mol. The van der Waals surface area contributed by atoms with Gasteiger partial charge >= 0.3 is 0 Å². The zero-order valence-corrected chi connectivity index (χ0v) is 12.9. The van der Waals surface area contributed by atoms with Crippen molar-refractivity contribution in [2.45, 2.75) is 0 Å². The van der Waals surface area contributed by atoms with Crippen LogP contribution in [0.4, 0.5) is 11.4 Å². The monoisotopic (exact) mass is 349 g/mol. The number of ether oxygens (including phenoxy) is 1. The van der Waals surface area contributed by atoms with Gasteiger partial charge in [0.15, 0.2) is 0 Å². The number of rotatable bonds is 6. The molecular weight excluding hydrogens is 334 g/mol. The molecule has 6 heteroatoms. The molecule has 0 saturated heterocycles. The molecule has 0 radical (unpaired) electrons. The van der Waals surface area contributed by atoms with E-state index in [0.29, 0.717) is 35.8 Å². The van der Waals surface area contributed by atoms with Crippen molar-refractivity contribution >= 4 is 33.2 Å². The standard InChI is InChI=1S/C15H16BrN3O2/c16-10-4-5-13(15(18)20)14(8-10)19-6-7-21-12-3-1-2-11(17)9-12/h1-5,8-9,19H,6-7,17H2,(H2,18,20). The fraction of sp³-hybridized carbons (Fsp3) is 0.133. The number of carbonyl (C=O) groups is 1. The van der Waals surface area contributed by atoms with Crippen LogP contribution in [-0.2, 0) is 0 Å². The Morgan fingerprint density at radius 1 is 1.24 bits per heavy atom. The summed E-state index contributed by atoms with van der Waals surface area (Å²) in [6.45, 7) is 0.972. The lowest BCUT2D eigenvalue weighted by Crippen LogP contribution is -2.17. The van der Waals surface area contributed by atoms with Gasteiger partial charge in [-0.15, -0.1) is 0 Å². The maximum absolute atomic E-state index is 11.3. The van der Waals surface area contributed by atoms with Crippen LogP contribution in [0.15, 0.2) is 46.9 Å². The second kappa shape index (κ2) is 6.99. The molecule has 0 saturated carbocycles. The van der Waals surface area contributed by atoms with Crippen LogP contribution in [0.3, 0.4) is 0 Å². The van der Waals surface area contributed by atoms with Crippen LogP contribution in [-0.4, -0.2) is 19.1 Å². The van der Waals surface area contributed by atoms with E-state index in [1.165, 1.54) is 0 Å². The summed E-state index contributed by atoms with van der Waals surface area (Å²) < 4.78 is 6.44. The third-order valence-corrected chi connectivity index (χ3v) is 3.28. The van der Waals surface area contributed by atoms with E-state index in [1.54, 1.807) is 30.3 Å². The Hall–Kier alpha value is -2.21. The number of primary amides is 1. The Balaban J connectivity index is 1.91. The van der Waals surface area contributed by atoms with Gasteiger partial charge in [-0.2, -0.15) is 0 Å². The van der Waals surface area contributed by atoms with Crippen molar-refractivity contribution in [1.29, 1.82) is 0 Å². The van der Waals surface area contributed by atoms with Gasteiger partial charge in [-0.25, -0.2) is 0 Å². The molecule has 2 aromatic carbocycles. The van der Waals surface area contributed by atoms with E-state index >= 15 is 0 Å². The summed E-state index contributed by atoms with van der Waals surface area (Å²) in [5.41, 5.74) is 12.8. The highest BCUT2D eigenvalue weighted by molar-refractivity contribution is 9.10. The highest BCUT2D eigenvalue weighted by Gasteiger charge is 2.08. The van der Waals surface area contributed by atoms with Gasteiger partial charge < -0.3 is 21.5 Å². The van der Waals surface area contributed by atoms with Crippen molar-refractivity contribution in [2.24, 2.45) is 5.73 Å². The maximum Gasteiger partial charge on any atom is 0.250 e. The van der Waals surface area contributed by atoms with Gasteiger partial charge in [-0.05, 0) is 30.3 Å². The molecule has 0 spiro atoms. The second-order valence-corrected chi connectivity index (χ2v) is 5.32. The predicted octanol–water partition coefficient (Wildman–Crippen LogP) is 2.62. The minimum atomic E-state index is -0.471.